The third kappa shape index (κ3) is 12.8. The summed E-state index contributed by atoms with van der Waals surface area (Å²) in [6.45, 7) is 1.97. The normalized spacial score (nSPS) is 16.5. The van der Waals surface area contributed by atoms with Crippen LogP contribution in [0.3, 0.4) is 0 Å². The van der Waals surface area contributed by atoms with Gasteiger partial charge in [-0.1, -0.05) is 6.92 Å². The molecule has 3 amide bonds. The van der Waals surface area contributed by atoms with Crippen molar-refractivity contribution >= 4 is 30.3 Å². The Bertz CT molecular complexity index is 977. The van der Waals surface area contributed by atoms with Crippen LogP contribution in [0.15, 0.2) is 24.3 Å². The van der Waals surface area contributed by atoms with Gasteiger partial charge in [-0.25, -0.2) is 19.2 Å². The van der Waals surface area contributed by atoms with Crippen molar-refractivity contribution < 1.29 is 47.6 Å². The van der Waals surface area contributed by atoms with Gasteiger partial charge in [0, 0.05) is 24.7 Å². The predicted molar refractivity (Wildman–Crippen MR) is 139 cm³/mol. The van der Waals surface area contributed by atoms with E-state index in [1.54, 1.807) is 18.2 Å². The van der Waals surface area contributed by atoms with Crippen LogP contribution in [0.2, 0.25) is 0 Å². The summed E-state index contributed by atoms with van der Waals surface area (Å²) in [6, 6.07) is 5.04. The minimum Gasteiger partial charge on any atom is -0.490 e. The maximum atomic E-state index is 12.1. The summed E-state index contributed by atoms with van der Waals surface area (Å²) in [5.74, 6) is 0.995. The molecule has 1 aromatic carbocycles. The average molecular weight is 552 g/mol. The quantitative estimate of drug-likeness (QED) is 0.109. The lowest BCUT2D eigenvalue weighted by Crippen LogP contribution is -2.38. The van der Waals surface area contributed by atoms with Gasteiger partial charge < -0.3 is 39.1 Å². The number of carbonyl (C=O) groups excluding carboxylic acids is 4. The van der Waals surface area contributed by atoms with Gasteiger partial charge in [-0.15, -0.1) is 0 Å². The van der Waals surface area contributed by atoms with Crippen molar-refractivity contribution in [2.75, 3.05) is 47.3 Å². The van der Waals surface area contributed by atoms with E-state index in [4.69, 9.17) is 18.9 Å². The van der Waals surface area contributed by atoms with E-state index in [2.05, 4.69) is 32.3 Å². The number of hydrogen-bond acceptors (Lipinski definition) is 10. The molecule has 2 rings (SSSR count). The third-order valence-electron chi connectivity index (χ3n) is 5.70. The van der Waals surface area contributed by atoms with Crippen molar-refractivity contribution in [2.45, 2.75) is 38.6 Å². The second-order valence-electron chi connectivity index (χ2n) is 8.63. The first-order chi connectivity index (χ1) is 18.8. The molecule has 0 bridgehead atoms. The number of hydrogen-bond donors (Lipinski definition) is 3. The predicted octanol–water partition coefficient (Wildman–Crippen LogP) is 2.97. The maximum Gasteiger partial charge on any atom is 0.409 e. The molecule has 1 saturated carbocycles. The van der Waals surface area contributed by atoms with Gasteiger partial charge in [-0.05, 0) is 55.9 Å². The zero-order valence-corrected chi connectivity index (χ0v) is 22.5. The molecule has 0 aliphatic heterocycles. The molecule has 13 nitrogen and oxygen atoms in total. The van der Waals surface area contributed by atoms with E-state index in [1.165, 1.54) is 26.3 Å². The van der Waals surface area contributed by atoms with Gasteiger partial charge in [0.15, 0.2) is 6.73 Å². The minimum absolute atomic E-state index is 0.0347. The molecule has 1 fully saturated rings. The number of nitrogens with one attached hydrogen (secondary N) is 3. The minimum atomic E-state index is -0.780. The highest BCUT2D eigenvalue weighted by molar-refractivity contribution is 5.87. The molecule has 1 aromatic rings. The summed E-state index contributed by atoms with van der Waals surface area (Å²) in [7, 11) is 2.65. The van der Waals surface area contributed by atoms with Crippen molar-refractivity contribution in [2.24, 2.45) is 5.92 Å². The first-order valence-electron chi connectivity index (χ1n) is 12.6. The van der Waals surface area contributed by atoms with Gasteiger partial charge >= 0.3 is 24.2 Å². The standard InChI is InChI=1S/C26H37N3O10/c1-18-4-7-20(8-5-18)29-26(33)38-15-13-36-22-10-9-21(16-19(22)6-11-23(30)34-3)35-12-14-37-25(32)28-17-39-24(31)27-2/h6,9-11,16,18,20H,4-5,7-8,12-15,17H2,1-3H3,(H,27,31)(H,28,32)(H,29,33)/b11-6+. The smallest absolute Gasteiger partial charge is 0.409 e. The SMILES string of the molecule is CNC(=O)OCNC(=O)OCCOc1ccc(OCCOC(=O)NC2CCC(C)CC2)c(/C=C/C(=O)OC)c1. The van der Waals surface area contributed by atoms with Crippen LogP contribution in [0.4, 0.5) is 14.4 Å². The first-order valence-corrected chi connectivity index (χ1v) is 12.6. The van der Waals surface area contributed by atoms with Crippen LogP contribution in [-0.4, -0.2) is 77.6 Å². The molecule has 1 aliphatic rings. The molecule has 3 N–H and O–H groups in total. The Kier molecular flexibility index (Phi) is 13.8. The molecule has 216 valence electrons. The number of rotatable bonds is 13. The lowest BCUT2D eigenvalue weighted by molar-refractivity contribution is -0.134. The fourth-order valence-electron chi connectivity index (χ4n) is 3.58. The first kappa shape index (κ1) is 31.1. The van der Waals surface area contributed by atoms with E-state index in [9.17, 15) is 19.2 Å². The Morgan fingerprint density at radius 3 is 2.28 bits per heavy atom. The summed E-state index contributed by atoms with van der Waals surface area (Å²) in [5, 5.41) is 7.37. The summed E-state index contributed by atoms with van der Waals surface area (Å²) in [4.78, 5) is 46.1. The Balaban J connectivity index is 1.80. The topological polar surface area (TPSA) is 160 Å². The fraction of sp³-hybridized carbons (Fsp3) is 0.538. The van der Waals surface area contributed by atoms with E-state index in [1.807, 2.05) is 0 Å². The van der Waals surface area contributed by atoms with Crippen LogP contribution in [0.1, 0.15) is 38.2 Å². The highest BCUT2D eigenvalue weighted by Crippen LogP contribution is 2.26. The van der Waals surface area contributed by atoms with Gasteiger partial charge in [0.2, 0.25) is 0 Å². The lowest BCUT2D eigenvalue weighted by Gasteiger charge is -2.26. The van der Waals surface area contributed by atoms with E-state index >= 15 is 0 Å². The van der Waals surface area contributed by atoms with Gasteiger partial charge in [-0.3, -0.25) is 5.32 Å². The van der Waals surface area contributed by atoms with Gasteiger partial charge in [-0.2, -0.15) is 0 Å². The van der Waals surface area contributed by atoms with Gasteiger partial charge in [0.25, 0.3) is 0 Å². The van der Waals surface area contributed by atoms with Crippen LogP contribution in [0.25, 0.3) is 6.08 Å². The molecule has 0 unspecified atom stereocenters. The molecular formula is C26H37N3O10. The van der Waals surface area contributed by atoms with Crippen molar-refractivity contribution in [1.29, 1.82) is 0 Å². The number of carbonyl (C=O) groups is 4. The molecule has 0 spiro atoms. The fourth-order valence-corrected chi connectivity index (χ4v) is 3.58. The summed E-state index contributed by atoms with van der Waals surface area (Å²) >= 11 is 0. The zero-order valence-electron chi connectivity index (χ0n) is 22.5. The lowest BCUT2D eigenvalue weighted by atomic mass is 9.87. The van der Waals surface area contributed by atoms with Crippen LogP contribution >= 0.6 is 0 Å². The Morgan fingerprint density at radius 1 is 0.897 bits per heavy atom. The number of alkyl carbamates (subject to hydrolysis) is 3. The van der Waals surface area contributed by atoms with E-state index in [-0.39, 0.29) is 39.2 Å². The Morgan fingerprint density at radius 2 is 1.59 bits per heavy atom. The summed E-state index contributed by atoms with van der Waals surface area (Å²) < 4.78 is 30.8. The molecule has 1 aliphatic carbocycles. The van der Waals surface area contributed by atoms with Gasteiger partial charge in [0.1, 0.15) is 37.9 Å². The molecular weight excluding hydrogens is 514 g/mol. The van der Waals surface area contributed by atoms with Gasteiger partial charge in [0.05, 0.1) is 7.11 Å². The monoisotopic (exact) mass is 551 g/mol. The maximum absolute atomic E-state index is 12.1. The highest BCUT2D eigenvalue weighted by atomic mass is 16.6. The third-order valence-corrected chi connectivity index (χ3v) is 5.70. The Hall–Kier alpha value is -4.16. The number of ether oxygens (including phenoxy) is 6. The summed E-state index contributed by atoms with van der Waals surface area (Å²) in [5.41, 5.74) is 0.517. The number of esters is 1. The Labute approximate surface area is 227 Å². The second kappa shape index (κ2) is 17.4. The average Bonchev–Trinajstić information content (AvgIpc) is 2.93. The van der Waals surface area contributed by atoms with Crippen LogP contribution < -0.4 is 25.4 Å². The summed E-state index contributed by atoms with van der Waals surface area (Å²) in [6.07, 6.45) is 4.87. The molecule has 0 saturated heterocycles. The van der Waals surface area contributed by atoms with Crippen LogP contribution in [0.5, 0.6) is 11.5 Å². The number of amides is 3. The van der Waals surface area contributed by atoms with E-state index in [0.717, 1.165) is 25.7 Å². The number of methoxy groups -OCH3 is 1. The number of benzene rings is 1. The molecule has 0 aromatic heterocycles. The van der Waals surface area contributed by atoms with E-state index in [0.29, 0.717) is 23.0 Å². The molecule has 13 heteroatoms. The van der Waals surface area contributed by atoms with E-state index < -0.39 is 24.2 Å². The highest BCUT2D eigenvalue weighted by Gasteiger charge is 2.20. The largest absolute Gasteiger partial charge is 0.490 e. The van der Waals surface area contributed by atoms with Crippen molar-refractivity contribution in [1.82, 2.24) is 16.0 Å². The zero-order chi connectivity index (χ0) is 28.5. The second-order valence-corrected chi connectivity index (χ2v) is 8.63. The van der Waals surface area contributed by atoms with Crippen molar-refractivity contribution in [3.05, 3.63) is 29.8 Å². The molecule has 0 heterocycles. The van der Waals surface area contributed by atoms with Crippen molar-refractivity contribution in [3.63, 3.8) is 0 Å². The van der Waals surface area contributed by atoms with Crippen LogP contribution in [-0.2, 0) is 23.7 Å². The molecule has 0 radical (unpaired) electrons. The molecule has 0 atom stereocenters. The molecule has 39 heavy (non-hydrogen) atoms. The van der Waals surface area contributed by atoms with Crippen molar-refractivity contribution in [3.8, 4) is 11.5 Å². The van der Waals surface area contributed by atoms with Crippen LogP contribution in [0, 0.1) is 5.92 Å².